The molecule has 2 rings (SSSR count). The topological polar surface area (TPSA) is 0 Å². The van der Waals surface area contributed by atoms with Crippen LogP contribution < -0.4 is 0 Å². The van der Waals surface area contributed by atoms with Crippen LogP contribution in [0, 0.1) is 5.92 Å². The van der Waals surface area contributed by atoms with Crippen LogP contribution in [0.25, 0.3) is 0 Å². The molecular weight excluding hydrogens is 228 g/mol. The highest BCUT2D eigenvalue weighted by Gasteiger charge is 2.23. The summed E-state index contributed by atoms with van der Waals surface area (Å²) in [6, 6.07) is 6.84. The Hall–Kier alpha value is -0.490. The van der Waals surface area contributed by atoms with Gasteiger partial charge < -0.3 is 0 Å². The largest absolute Gasteiger partial charge is 0.118 e. The van der Waals surface area contributed by atoms with Gasteiger partial charge in [-0.05, 0) is 41.9 Å². The molecule has 1 atom stereocenters. The average Bonchev–Trinajstić information content (AvgIpc) is 2.32. The van der Waals surface area contributed by atoms with Gasteiger partial charge in [-0.1, -0.05) is 51.3 Å². The number of alkyl halides is 1. The van der Waals surface area contributed by atoms with Crippen LogP contribution in [0.2, 0.25) is 0 Å². The maximum atomic E-state index is 6.63. The van der Waals surface area contributed by atoms with Crippen LogP contribution in [-0.4, -0.2) is 0 Å². The van der Waals surface area contributed by atoms with Gasteiger partial charge in [-0.15, -0.1) is 11.6 Å². The van der Waals surface area contributed by atoms with Gasteiger partial charge in [-0.2, -0.15) is 0 Å². The van der Waals surface area contributed by atoms with Crippen LogP contribution >= 0.6 is 11.6 Å². The Morgan fingerprint density at radius 3 is 2.53 bits per heavy atom. The molecule has 1 fully saturated rings. The second-order valence-corrected chi connectivity index (χ2v) is 5.77. The van der Waals surface area contributed by atoms with Gasteiger partial charge in [0, 0.05) is 0 Å². The Morgan fingerprint density at radius 1 is 1.24 bits per heavy atom. The molecule has 0 spiro atoms. The van der Waals surface area contributed by atoms with E-state index in [4.69, 9.17) is 11.6 Å². The van der Waals surface area contributed by atoms with Crippen LogP contribution in [0.15, 0.2) is 18.2 Å². The van der Waals surface area contributed by atoms with Gasteiger partial charge in [-0.3, -0.25) is 0 Å². The number of hydrogen-bond donors (Lipinski definition) is 0. The summed E-state index contributed by atoms with van der Waals surface area (Å²) in [6.07, 6.45) is 7.54. The summed E-state index contributed by atoms with van der Waals surface area (Å²) in [7, 11) is 0. The highest BCUT2D eigenvalue weighted by molar-refractivity contribution is 6.20. The van der Waals surface area contributed by atoms with Gasteiger partial charge >= 0.3 is 0 Å². The molecule has 0 heterocycles. The molecule has 0 bridgehead atoms. The van der Waals surface area contributed by atoms with E-state index in [9.17, 15) is 0 Å². The monoisotopic (exact) mass is 250 g/mol. The molecule has 1 aromatic carbocycles. The molecule has 1 heteroatoms. The van der Waals surface area contributed by atoms with E-state index in [2.05, 4.69) is 32.0 Å². The predicted octanol–water partition coefficient (Wildman–Crippen LogP) is 5.28. The van der Waals surface area contributed by atoms with Crippen molar-refractivity contribution in [3.63, 3.8) is 0 Å². The first kappa shape index (κ1) is 13.0. The van der Waals surface area contributed by atoms with Gasteiger partial charge in [0.25, 0.3) is 0 Å². The Labute approximate surface area is 110 Å². The smallest absolute Gasteiger partial charge is 0.0590 e. The fraction of sp³-hybridized carbons (Fsp3) is 0.625. The maximum Gasteiger partial charge on any atom is 0.0590 e. The molecule has 0 nitrogen and oxygen atoms in total. The number of aryl methyl sites for hydroxylation is 2. The molecule has 0 amide bonds. The van der Waals surface area contributed by atoms with Crippen molar-refractivity contribution in [3.05, 3.63) is 34.9 Å². The molecular formula is C16H23Cl. The van der Waals surface area contributed by atoms with E-state index < -0.39 is 0 Å². The van der Waals surface area contributed by atoms with Gasteiger partial charge in [-0.25, -0.2) is 0 Å². The van der Waals surface area contributed by atoms with Gasteiger partial charge in [0.2, 0.25) is 0 Å². The average molecular weight is 251 g/mol. The molecule has 94 valence electrons. The Morgan fingerprint density at radius 2 is 2.00 bits per heavy atom. The first-order valence-corrected chi connectivity index (χ1v) is 7.44. The molecule has 0 aliphatic heterocycles. The molecule has 0 N–H and O–H groups in total. The van der Waals surface area contributed by atoms with Crippen molar-refractivity contribution in [2.45, 2.75) is 57.7 Å². The quantitative estimate of drug-likeness (QED) is 0.624. The predicted molar refractivity (Wildman–Crippen MR) is 75.8 cm³/mol. The lowest BCUT2D eigenvalue weighted by molar-refractivity contribution is 0.293. The maximum absolute atomic E-state index is 6.63. The van der Waals surface area contributed by atoms with E-state index in [1.807, 2.05) is 0 Å². The molecule has 1 aliphatic carbocycles. The number of halogens is 1. The van der Waals surface area contributed by atoms with Crippen LogP contribution in [0.4, 0.5) is 0 Å². The normalized spacial score (nSPS) is 17.8. The fourth-order valence-corrected chi connectivity index (χ4v) is 3.08. The number of hydrogen-bond acceptors (Lipinski definition) is 0. The van der Waals surface area contributed by atoms with E-state index in [1.165, 1.54) is 42.4 Å². The van der Waals surface area contributed by atoms with E-state index in [0.717, 1.165) is 18.8 Å². The summed E-state index contributed by atoms with van der Waals surface area (Å²) in [5, 5.41) is 0.224. The lowest BCUT2D eigenvalue weighted by Crippen LogP contribution is -2.13. The van der Waals surface area contributed by atoms with E-state index in [0.29, 0.717) is 0 Å². The van der Waals surface area contributed by atoms with Gasteiger partial charge in [0.15, 0.2) is 0 Å². The summed E-state index contributed by atoms with van der Waals surface area (Å²) in [6.45, 7) is 4.43. The SMILES string of the molecule is CCc1ccc(CC)c(C(Cl)CC2CCC2)c1. The lowest BCUT2D eigenvalue weighted by atomic mass is 9.80. The molecule has 1 aromatic rings. The van der Waals surface area contributed by atoms with E-state index >= 15 is 0 Å². The van der Waals surface area contributed by atoms with Gasteiger partial charge in [0.05, 0.1) is 5.38 Å². The summed E-state index contributed by atoms with van der Waals surface area (Å²) in [5.41, 5.74) is 4.23. The lowest BCUT2D eigenvalue weighted by Gasteiger charge is -2.28. The van der Waals surface area contributed by atoms with Crippen LogP contribution in [0.3, 0.4) is 0 Å². The summed E-state index contributed by atoms with van der Waals surface area (Å²) in [4.78, 5) is 0. The minimum atomic E-state index is 0.224. The first-order chi connectivity index (χ1) is 8.24. The third-order valence-corrected chi connectivity index (χ3v) is 4.52. The zero-order chi connectivity index (χ0) is 12.3. The van der Waals surface area contributed by atoms with Crippen LogP contribution in [-0.2, 0) is 12.8 Å². The van der Waals surface area contributed by atoms with Crippen molar-refractivity contribution in [2.24, 2.45) is 5.92 Å². The van der Waals surface area contributed by atoms with Crippen LogP contribution in [0.1, 0.15) is 61.6 Å². The van der Waals surface area contributed by atoms with Crippen molar-refractivity contribution < 1.29 is 0 Å². The van der Waals surface area contributed by atoms with Crippen LogP contribution in [0.5, 0.6) is 0 Å². The Kier molecular flexibility index (Phi) is 4.50. The molecule has 0 aromatic heterocycles. The number of rotatable bonds is 5. The standard InChI is InChI=1S/C16H23Cl/c1-3-12-8-9-14(4-2)15(10-12)16(17)11-13-6-5-7-13/h8-10,13,16H,3-7,11H2,1-2H3. The Balaban J connectivity index is 2.15. The second-order valence-electron chi connectivity index (χ2n) is 5.24. The van der Waals surface area contributed by atoms with Gasteiger partial charge in [0.1, 0.15) is 0 Å². The third kappa shape index (κ3) is 3.04. The molecule has 17 heavy (non-hydrogen) atoms. The number of benzene rings is 1. The van der Waals surface area contributed by atoms with Crippen molar-refractivity contribution in [3.8, 4) is 0 Å². The molecule has 0 radical (unpaired) electrons. The van der Waals surface area contributed by atoms with E-state index in [-0.39, 0.29) is 5.38 Å². The highest BCUT2D eigenvalue weighted by atomic mass is 35.5. The molecule has 0 saturated heterocycles. The van der Waals surface area contributed by atoms with Crippen molar-refractivity contribution in [1.82, 2.24) is 0 Å². The Bertz CT molecular complexity index is 366. The highest BCUT2D eigenvalue weighted by Crippen LogP contribution is 2.39. The third-order valence-electron chi connectivity index (χ3n) is 4.10. The summed E-state index contributed by atoms with van der Waals surface area (Å²) < 4.78 is 0. The molecule has 1 aliphatic rings. The fourth-order valence-electron chi connectivity index (χ4n) is 2.63. The summed E-state index contributed by atoms with van der Waals surface area (Å²) in [5.74, 6) is 0.882. The zero-order valence-electron chi connectivity index (χ0n) is 11.0. The van der Waals surface area contributed by atoms with Crippen molar-refractivity contribution in [1.29, 1.82) is 0 Å². The van der Waals surface area contributed by atoms with Crippen molar-refractivity contribution in [2.75, 3.05) is 0 Å². The first-order valence-electron chi connectivity index (χ1n) is 7.00. The second kappa shape index (κ2) is 5.91. The minimum Gasteiger partial charge on any atom is -0.118 e. The van der Waals surface area contributed by atoms with Crippen molar-refractivity contribution >= 4 is 11.6 Å². The molecule has 1 unspecified atom stereocenters. The van der Waals surface area contributed by atoms with E-state index in [1.54, 1.807) is 0 Å². The zero-order valence-corrected chi connectivity index (χ0v) is 11.8. The minimum absolute atomic E-state index is 0.224. The summed E-state index contributed by atoms with van der Waals surface area (Å²) >= 11 is 6.63. The molecule has 1 saturated carbocycles.